The summed E-state index contributed by atoms with van der Waals surface area (Å²) in [4.78, 5) is 0. The van der Waals surface area contributed by atoms with Crippen molar-refractivity contribution in [2.45, 2.75) is 13.0 Å². The van der Waals surface area contributed by atoms with Crippen LogP contribution in [0.4, 0.5) is 0 Å². The van der Waals surface area contributed by atoms with Crippen molar-refractivity contribution in [2.75, 3.05) is 13.7 Å². The van der Waals surface area contributed by atoms with Crippen LogP contribution in [-0.2, 0) is 0 Å². The molecule has 3 heteroatoms. The number of benzene rings is 1. The van der Waals surface area contributed by atoms with E-state index in [-0.39, 0.29) is 0 Å². The van der Waals surface area contributed by atoms with Crippen molar-refractivity contribution in [3.8, 4) is 5.75 Å². The Balaban J connectivity index is 2.43. The first-order chi connectivity index (χ1) is 6.72. The third-order valence-corrected chi connectivity index (χ3v) is 2.92. The quantitative estimate of drug-likeness (QED) is 0.771. The summed E-state index contributed by atoms with van der Waals surface area (Å²) in [6.07, 6.45) is 0. The Morgan fingerprint density at radius 3 is 3.00 bits per heavy atom. The molecule has 2 nitrogen and oxygen atoms in total. The summed E-state index contributed by atoms with van der Waals surface area (Å²) in [5, 5.41) is 4.06. The Morgan fingerprint density at radius 1 is 1.50 bits per heavy atom. The van der Waals surface area contributed by atoms with Gasteiger partial charge in [0, 0.05) is 22.5 Å². The van der Waals surface area contributed by atoms with Gasteiger partial charge in [-0.05, 0) is 25.2 Å². The van der Waals surface area contributed by atoms with Crippen LogP contribution in [0.5, 0.6) is 5.75 Å². The monoisotopic (exact) mass is 211 g/mol. The van der Waals surface area contributed by atoms with Crippen molar-refractivity contribution in [2.24, 2.45) is 5.92 Å². The highest BCUT2D eigenvalue weighted by Gasteiger charge is 2.26. The third kappa shape index (κ3) is 1.60. The fourth-order valence-corrected chi connectivity index (χ4v) is 2.14. The van der Waals surface area contributed by atoms with Crippen LogP contribution in [0, 0.1) is 5.92 Å². The Morgan fingerprint density at radius 2 is 2.29 bits per heavy atom. The molecule has 0 amide bonds. The number of nitrogens with one attached hydrogen (secondary N) is 1. The summed E-state index contributed by atoms with van der Waals surface area (Å²) in [7, 11) is 1.97. The van der Waals surface area contributed by atoms with Crippen molar-refractivity contribution < 1.29 is 4.74 Å². The fraction of sp³-hybridized carbons (Fsp3) is 0.455. The first-order valence-corrected chi connectivity index (χ1v) is 5.19. The maximum Gasteiger partial charge on any atom is 0.124 e. The summed E-state index contributed by atoms with van der Waals surface area (Å²) < 4.78 is 5.62. The number of hydrogen-bond donors (Lipinski definition) is 1. The van der Waals surface area contributed by atoms with E-state index in [4.69, 9.17) is 16.3 Å². The van der Waals surface area contributed by atoms with Gasteiger partial charge < -0.3 is 10.1 Å². The molecule has 2 atom stereocenters. The normalized spacial score (nSPS) is 25.4. The first-order valence-electron chi connectivity index (χ1n) is 4.82. The zero-order valence-corrected chi connectivity index (χ0v) is 9.14. The van der Waals surface area contributed by atoms with Crippen molar-refractivity contribution in [3.05, 3.63) is 28.8 Å². The fourth-order valence-electron chi connectivity index (χ4n) is 1.96. The third-order valence-electron chi connectivity index (χ3n) is 2.69. The van der Waals surface area contributed by atoms with E-state index in [0.29, 0.717) is 12.0 Å². The molecule has 1 N–H and O–H groups in total. The largest absolute Gasteiger partial charge is 0.493 e. The van der Waals surface area contributed by atoms with Gasteiger partial charge in [-0.3, -0.25) is 0 Å². The Bertz CT molecular complexity index is 340. The Kier molecular flexibility index (Phi) is 2.66. The molecule has 1 aromatic rings. The SMILES string of the molecule is CNC1c2cc(Cl)ccc2OCC1C. The summed E-state index contributed by atoms with van der Waals surface area (Å²) >= 11 is 5.96. The van der Waals surface area contributed by atoms with Gasteiger partial charge in [0.15, 0.2) is 0 Å². The highest BCUT2D eigenvalue weighted by molar-refractivity contribution is 6.30. The number of halogens is 1. The zero-order valence-electron chi connectivity index (χ0n) is 8.38. The van der Waals surface area contributed by atoms with Crippen molar-refractivity contribution in [1.82, 2.24) is 5.32 Å². The molecule has 0 radical (unpaired) electrons. The summed E-state index contributed by atoms with van der Waals surface area (Å²) in [5.41, 5.74) is 1.17. The van der Waals surface area contributed by atoms with Gasteiger partial charge in [-0.1, -0.05) is 18.5 Å². The maximum atomic E-state index is 5.96. The van der Waals surface area contributed by atoms with Gasteiger partial charge in [-0.2, -0.15) is 0 Å². The van der Waals surface area contributed by atoms with Crippen molar-refractivity contribution in [3.63, 3.8) is 0 Å². The van der Waals surface area contributed by atoms with Gasteiger partial charge in [0.25, 0.3) is 0 Å². The van der Waals surface area contributed by atoms with E-state index < -0.39 is 0 Å². The van der Waals surface area contributed by atoms with Crippen LogP contribution in [0.2, 0.25) is 5.02 Å². The molecule has 0 fully saturated rings. The van der Waals surface area contributed by atoms with Crippen molar-refractivity contribution >= 4 is 11.6 Å². The maximum absolute atomic E-state index is 5.96. The Hall–Kier alpha value is -0.730. The van der Waals surface area contributed by atoms with E-state index in [2.05, 4.69) is 12.2 Å². The highest BCUT2D eigenvalue weighted by atomic mass is 35.5. The number of rotatable bonds is 1. The van der Waals surface area contributed by atoms with E-state index in [9.17, 15) is 0 Å². The van der Waals surface area contributed by atoms with E-state index >= 15 is 0 Å². The predicted molar refractivity (Wildman–Crippen MR) is 57.9 cm³/mol. The molecule has 1 aliphatic heterocycles. The molecule has 76 valence electrons. The van der Waals surface area contributed by atoms with Gasteiger partial charge in [0.2, 0.25) is 0 Å². The number of ether oxygens (including phenoxy) is 1. The van der Waals surface area contributed by atoms with Gasteiger partial charge in [-0.15, -0.1) is 0 Å². The van der Waals surface area contributed by atoms with E-state index in [1.807, 2.05) is 25.2 Å². The molecule has 0 aliphatic carbocycles. The van der Waals surface area contributed by atoms with E-state index in [0.717, 1.165) is 17.4 Å². The lowest BCUT2D eigenvalue weighted by Gasteiger charge is -2.31. The average Bonchev–Trinajstić information content (AvgIpc) is 2.17. The second-order valence-corrected chi connectivity index (χ2v) is 4.17. The molecule has 1 heterocycles. The number of hydrogen-bond acceptors (Lipinski definition) is 2. The average molecular weight is 212 g/mol. The van der Waals surface area contributed by atoms with Crippen LogP contribution >= 0.6 is 11.6 Å². The minimum absolute atomic E-state index is 0.345. The van der Waals surface area contributed by atoms with Crippen LogP contribution in [0.15, 0.2) is 18.2 Å². The minimum atomic E-state index is 0.345. The van der Waals surface area contributed by atoms with Crippen LogP contribution in [0.3, 0.4) is 0 Å². The lowest BCUT2D eigenvalue weighted by Crippen LogP contribution is -2.31. The van der Waals surface area contributed by atoms with Gasteiger partial charge in [-0.25, -0.2) is 0 Å². The standard InChI is InChI=1S/C11H14ClNO/c1-7-6-14-10-4-3-8(12)5-9(10)11(7)13-2/h3-5,7,11,13H,6H2,1-2H3. The van der Waals surface area contributed by atoms with Crippen LogP contribution in [-0.4, -0.2) is 13.7 Å². The first kappa shape index (κ1) is 9.81. The summed E-state index contributed by atoms with van der Waals surface area (Å²) in [5.74, 6) is 1.43. The number of fused-ring (bicyclic) bond motifs is 1. The molecule has 14 heavy (non-hydrogen) atoms. The molecular formula is C11H14ClNO. The second-order valence-electron chi connectivity index (χ2n) is 3.74. The van der Waals surface area contributed by atoms with Crippen LogP contribution in [0.1, 0.15) is 18.5 Å². The highest BCUT2D eigenvalue weighted by Crippen LogP contribution is 2.36. The molecule has 0 aromatic heterocycles. The smallest absolute Gasteiger partial charge is 0.124 e. The molecular weight excluding hydrogens is 198 g/mol. The lowest BCUT2D eigenvalue weighted by atomic mass is 9.92. The van der Waals surface area contributed by atoms with E-state index in [1.54, 1.807) is 0 Å². The minimum Gasteiger partial charge on any atom is -0.493 e. The molecule has 0 bridgehead atoms. The molecule has 2 unspecified atom stereocenters. The zero-order chi connectivity index (χ0) is 10.1. The summed E-state index contributed by atoms with van der Waals surface area (Å²) in [6, 6.07) is 6.13. The van der Waals surface area contributed by atoms with Gasteiger partial charge >= 0.3 is 0 Å². The van der Waals surface area contributed by atoms with Crippen LogP contribution < -0.4 is 10.1 Å². The lowest BCUT2D eigenvalue weighted by molar-refractivity contribution is 0.193. The molecule has 1 aliphatic rings. The predicted octanol–water partition coefficient (Wildman–Crippen LogP) is 2.63. The Labute approximate surface area is 89.2 Å². The van der Waals surface area contributed by atoms with Gasteiger partial charge in [0.1, 0.15) is 5.75 Å². The van der Waals surface area contributed by atoms with Gasteiger partial charge in [0.05, 0.1) is 6.61 Å². The molecule has 0 saturated heterocycles. The molecule has 2 rings (SSSR count). The molecule has 0 spiro atoms. The molecule has 1 aromatic carbocycles. The van der Waals surface area contributed by atoms with Crippen LogP contribution in [0.25, 0.3) is 0 Å². The van der Waals surface area contributed by atoms with Crippen molar-refractivity contribution in [1.29, 1.82) is 0 Å². The van der Waals surface area contributed by atoms with E-state index in [1.165, 1.54) is 5.56 Å². The topological polar surface area (TPSA) is 21.3 Å². The second kappa shape index (κ2) is 3.79. The molecule has 0 saturated carbocycles. The summed E-state index contributed by atoms with van der Waals surface area (Å²) in [6.45, 7) is 2.94.